The molecule has 0 unspecified atom stereocenters. The number of hydrogen-bond donors (Lipinski definition) is 2. The van der Waals surface area contributed by atoms with Crippen LogP contribution in [0.1, 0.15) is 48.4 Å². The van der Waals surface area contributed by atoms with E-state index in [2.05, 4.69) is 20.7 Å². The van der Waals surface area contributed by atoms with Crippen molar-refractivity contribution in [3.8, 4) is 5.75 Å². The number of anilines is 2. The number of carbonyl (C=O) groups excluding carboxylic acids is 1. The molecule has 1 aromatic heterocycles. The Morgan fingerprint density at radius 1 is 1.00 bits per heavy atom. The molecule has 3 aromatic rings. The van der Waals surface area contributed by atoms with E-state index in [0.29, 0.717) is 24.4 Å². The maximum absolute atomic E-state index is 12.1. The van der Waals surface area contributed by atoms with Crippen LogP contribution in [0, 0.1) is 4.91 Å². The number of aromatic amines is 1. The molecule has 35 heavy (non-hydrogen) atoms. The summed E-state index contributed by atoms with van der Waals surface area (Å²) in [6.45, 7) is 0. The molecular formula is C24H24N4O6S. The number of rotatable bonds is 6. The normalized spacial score (nSPS) is 20.6. The Kier molecular flexibility index (Phi) is 6.25. The predicted octanol–water partition coefficient (Wildman–Crippen LogP) is 5.22. The van der Waals surface area contributed by atoms with Crippen LogP contribution in [0.5, 0.6) is 5.75 Å². The van der Waals surface area contributed by atoms with Gasteiger partial charge in [0.15, 0.2) is 15.7 Å². The Balaban J connectivity index is 1.11. The van der Waals surface area contributed by atoms with E-state index < -0.39 is 16.0 Å². The summed E-state index contributed by atoms with van der Waals surface area (Å²) in [5, 5.41) is 13.5. The largest absolute Gasteiger partial charge is 0.514 e. The zero-order valence-electron chi connectivity index (χ0n) is 18.8. The summed E-state index contributed by atoms with van der Waals surface area (Å²) >= 11 is 0. The fourth-order valence-corrected chi connectivity index (χ4v) is 6.18. The van der Waals surface area contributed by atoms with Crippen molar-refractivity contribution < 1.29 is 22.7 Å². The van der Waals surface area contributed by atoms with Crippen molar-refractivity contribution in [2.45, 2.75) is 49.2 Å². The van der Waals surface area contributed by atoms with Gasteiger partial charge in [-0.3, -0.25) is 5.10 Å². The molecule has 2 N–H and O–H groups in total. The highest BCUT2D eigenvalue weighted by atomic mass is 32.2. The highest BCUT2D eigenvalue weighted by molar-refractivity contribution is 7.90. The summed E-state index contributed by atoms with van der Waals surface area (Å²) in [5.74, 6) is 1.40. The summed E-state index contributed by atoms with van der Waals surface area (Å²) in [4.78, 5) is 22.5. The third kappa shape index (κ3) is 5.51. The van der Waals surface area contributed by atoms with Crippen molar-refractivity contribution in [1.82, 2.24) is 10.2 Å². The fraction of sp³-hybridized carbons (Fsp3) is 0.333. The van der Waals surface area contributed by atoms with Gasteiger partial charge in [0.25, 0.3) is 0 Å². The van der Waals surface area contributed by atoms with Crippen LogP contribution >= 0.6 is 0 Å². The number of nitrogens with one attached hydrogen (secondary N) is 2. The average molecular weight is 497 g/mol. The van der Waals surface area contributed by atoms with Crippen molar-refractivity contribution >= 4 is 33.2 Å². The highest BCUT2D eigenvalue weighted by Gasteiger charge is 2.27. The molecule has 0 bridgehead atoms. The lowest BCUT2D eigenvalue weighted by Gasteiger charge is -2.27. The molecular weight excluding hydrogens is 472 g/mol. The molecule has 1 aliphatic heterocycles. The molecule has 0 atom stereocenters. The Labute approximate surface area is 201 Å². The van der Waals surface area contributed by atoms with E-state index in [1.54, 1.807) is 0 Å². The number of H-pyrrole nitrogens is 1. The minimum absolute atomic E-state index is 0.0758. The van der Waals surface area contributed by atoms with Crippen LogP contribution in [0.4, 0.5) is 22.0 Å². The Morgan fingerprint density at radius 3 is 2.49 bits per heavy atom. The molecule has 11 heteroatoms. The standard InChI is InChI=1S/C24H24N4O6S/c29-24(34-21-9-5-18(28-30)6-10-21)33-20-7-2-15(3-8-20)22-12-23(27-26-22)25-19-4-1-16-13-35(31,32)14-17(16)11-19/h1,4-6,9-12,15,20H,2-3,7-8,13-14H2,(H2,25,26,27). The van der Waals surface area contributed by atoms with Gasteiger partial charge in [-0.05, 0) is 78.4 Å². The first-order chi connectivity index (χ1) is 16.9. The molecule has 0 amide bonds. The van der Waals surface area contributed by atoms with Gasteiger partial charge in [-0.15, -0.1) is 4.91 Å². The first-order valence-electron chi connectivity index (χ1n) is 11.3. The maximum atomic E-state index is 12.1. The molecule has 2 heterocycles. The lowest BCUT2D eigenvalue weighted by Crippen LogP contribution is -2.25. The van der Waals surface area contributed by atoms with Crippen molar-refractivity contribution in [2.24, 2.45) is 5.18 Å². The molecule has 1 aliphatic carbocycles. The quantitative estimate of drug-likeness (QED) is 0.269. The van der Waals surface area contributed by atoms with E-state index in [1.165, 1.54) is 24.3 Å². The minimum Gasteiger partial charge on any atom is -0.431 e. The third-order valence-corrected chi connectivity index (χ3v) is 7.85. The second-order valence-electron chi connectivity index (χ2n) is 8.88. The summed E-state index contributed by atoms with van der Waals surface area (Å²) in [6.07, 6.45) is 2.07. The van der Waals surface area contributed by atoms with Crippen LogP contribution in [0.25, 0.3) is 0 Å². The van der Waals surface area contributed by atoms with E-state index in [4.69, 9.17) is 9.47 Å². The molecule has 10 nitrogen and oxygen atoms in total. The first-order valence-corrected chi connectivity index (χ1v) is 13.2. The monoisotopic (exact) mass is 496 g/mol. The van der Waals surface area contributed by atoms with Gasteiger partial charge in [-0.25, -0.2) is 13.2 Å². The minimum atomic E-state index is -3.04. The number of nitrogens with zero attached hydrogens (tertiary/aromatic N) is 2. The molecule has 1 fully saturated rings. The van der Waals surface area contributed by atoms with Crippen molar-refractivity contribution in [3.05, 3.63) is 70.3 Å². The number of fused-ring (bicyclic) bond motifs is 1. The summed E-state index contributed by atoms with van der Waals surface area (Å²) in [5.41, 5.74) is 3.74. The van der Waals surface area contributed by atoms with E-state index in [-0.39, 0.29) is 29.2 Å². The van der Waals surface area contributed by atoms with Crippen molar-refractivity contribution in [1.29, 1.82) is 0 Å². The van der Waals surface area contributed by atoms with E-state index in [0.717, 1.165) is 35.3 Å². The molecule has 0 saturated heterocycles. The highest BCUT2D eigenvalue weighted by Crippen LogP contribution is 2.35. The van der Waals surface area contributed by atoms with Gasteiger partial charge in [0.2, 0.25) is 0 Å². The summed E-state index contributed by atoms with van der Waals surface area (Å²) < 4.78 is 34.3. The Hall–Kier alpha value is -3.73. The van der Waals surface area contributed by atoms with Gasteiger partial charge in [0.05, 0.1) is 11.5 Å². The van der Waals surface area contributed by atoms with Crippen LogP contribution in [0.15, 0.2) is 53.7 Å². The van der Waals surface area contributed by atoms with Crippen LogP contribution in [-0.4, -0.2) is 30.9 Å². The second-order valence-corrected chi connectivity index (χ2v) is 10.9. The van der Waals surface area contributed by atoms with Crippen LogP contribution in [0.3, 0.4) is 0 Å². The average Bonchev–Trinajstić information content (AvgIpc) is 3.42. The Morgan fingerprint density at radius 2 is 1.74 bits per heavy atom. The van der Waals surface area contributed by atoms with Crippen molar-refractivity contribution in [3.63, 3.8) is 0 Å². The smallest absolute Gasteiger partial charge is 0.431 e. The van der Waals surface area contributed by atoms with Crippen molar-refractivity contribution in [2.75, 3.05) is 5.32 Å². The zero-order valence-corrected chi connectivity index (χ0v) is 19.6. The number of ether oxygens (including phenoxy) is 2. The topological polar surface area (TPSA) is 140 Å². The van der Waals surface area contributed by atoms with E-state index >= 15 is 0 Å². The first kappa shape index (κ1) is 23.0. The second kappa shape index (κ2) is 9.49. The third-order valence-electron chi connectivity index (χ3n) is 6.35. The Bertz CT molecular complexity index is 1340. The van der Waals surface area contributed by atoms with Crippen LogP contribution in [-0.2, 0) is 26.1 Å². The fourth-order valence-electron chi connectivity index (χ4n) is 4.58. The summed E-state index contributed by atoms with van der Waals surface area (Å²) in [6, 6.07) is 13.4. The number of benzene rings is 2. The molecule has 0 spiro atoms. The van der Waals surface area contributed by atoms with Gasteiger partial charge in [0, 0.05) is 23.4 Å². The van der Waals surface area contributed by atoms with Gasteiger partial charge in [-0.1, -0.05) is 6.07 Å². The molecule has 0 radical (unpaired) electrons. The number of carbonyl (C=O) groups is 1. The number of nitroso groups, excluding NO2 is 1. The lowest BCUT2D eigenvalue weighted by atomic mass is 9.85. The van der Waals surface area contributed by atoms with Gasteiger partial charge < -0.3 is 14.8 Å². The molecule has 182 valence electrons. The number of aromatic nitrogens is 2. The van der Waals surface area contributed by atoms with Crippen LogP contribution < -0.4 is 10.1 Å². The zero-order chi connectivity index (χ0) is 24.4. The number of sulfone groups is 1. The lowest BCUT2D eigenvalue weighted by molar-refractivity contribution is 0.0387. The van der Waals surface area contributed by atoms with Gasteiger partial charge in [-0.2, -0.15) is 5.10 Å². The van der Waals surface area contributed by atoms with Gasteiger partial charge in [0.1, 0.15) is 17.5 Å². The molecule has 2 aliphatic rings. The molecule has 2 aromatic carbocycles. The van der Waals surface area contributed by atoms with E-state index in [9.17, 15) is 18.1 Å². The van der Waals surface area contributed by atoms with Gasteiger partial charge >= 0.3 is 6.16 Å². The predicted molar refractivity (Wildman–Crippen MR) is 129 cm³/mol. The molecule has 1 saturated carbocycles. The van der Waals surface area contributed by atoms with E-state index in [1.807, 2.05) is 24.3 Å². The maximum Gasteiger partial charge on any atom is 0.514 e. The van der Waals surface area contributed by atoms with Crippen LogP contribution in [0.2, 0.25) is 0 Å². The molecule has 5 rings (SSSR count). The summed E-state index contributed by atoms with van der Waals surface area (Å²) in [7, 11) is -3.04. The number of hydrogen-bond acceptors (Lipinski definition) is 9. The SMILES string of the molecule is O=Nc1ccc(OC(=O)OC2CCC(c3cc(Nc4ccc5c(c4)CS(=O)(=O)C5)n[nH]3)CC2)cc1.